The van der Waals surface area contributed by atoms with Crippen LogP contribution in [0.25, 0.3) is 6.08 Å². The molecule has 0 aliphatic heterocycles. The largest absolute Gasteiger partial charge is 0.298 e. The quantitative estimate of drug-likeness (QED) is 0.445. The molecule has 0 radical (unpaired) electrons. The van der Waals surface area contributed by atoms with Gasteiger partial charge in [0.2, 0.25) is 11.8 Å². The fourth-order valence-electron chi connectivity index (χ4n) is 1.29. The lowest BCUT2D eigenvalue weighted by Crippen LogP contribution is -2.48. The first-order valence-electron chi connectivity index (χ1n) is 5.77. The lowest BCUT2D eigenvalue weighted by atomic mass is 10.4. The summed E-state index contributed by atoms with van der Waals surface area (Å²) in [6.07, 6.45) is 4.92. The Labute approximate surface area is 120 Å². The molecular formula is C12H13N3O2S2. The van der Waals surface area contributed by atoms with Crippen LogP contribution in [0.3, 0.4) is 0 Å². The molecule has 1 aromatic heterocycles. The van der Waals surface area contributed by atoms with Crippen molar-refractivity contribution in [2.24, 2.45) is 5.92 Å². The number of thiophene rings is 1. The summed E-state index contributed by atoms with van der Waals surface area (Å²) in [5.41, 5.74) is 4.95. The third-order valence-corrected chi connectivity index (χ3v) is 3.47. The monoisotopic (exact) mass is 295 g/mol. The van der Waals surface area contributed by atoms with E-state index in [0.29, 0.717) is 0 Å². The molecule has 19 heavy (non-hydrogen) atoms. The van der Waals surface area contributed by atoms with Crippen molar-refractivity contribution in [1.29, 1.82) is 0 Å². The van der Waals surface area contributed by atoms with Crippen LogP contribution in [-0.4, -0.2) is 16.9 Å². The van der Waals surface area contributed by atoms with Crippen molar-refractivity contribution in [2.45, 2.75) is 12.8 Å². The van der Waals surface area contributed by atoms with Crippen LogP contribution in [0.4, 0.5) is 0 Å². The molecule has 7 heteroatoms. The minimum atomic E-state index is -0.341. The van der Waals surface area contributed by atoms with E-state index in [0.717, 1.165) is 17.7 Å². The highest BCUT2D eigenvalue weighted by molar-refractivity contribution is 7.80. The summed E-state index contributed by atoms with van der Waals surface area (Å²) in [6.45, 7) is 0. The number of hydrogen-bond acceptors (Lipinski definition) is 4. The molecule has 3 N–H and O–H groups in total. The Bertz CT molecular complexity index is 507. The van der Waals surface area contributed by atoms with Gasteiger partial charge in [-0.3, -0.25) is 25.8 Å². The van der Waals surface area contributed by atoms with Gasteiger partial charge in [0, 0.05) is 16.9 Å². The predicted octanol–water partition coefficient (Wildman–Crippen LogP) is 1.19. The molecule has 0 unspecified atom stereocenters. The molecule has 1 heterocycles. The first-order valence-corrected chi connectivity index (χ1v) is 7.06. The van der Waals surface area contributed by atoms with Crippen LogP contribution in [0, 0.1) is 5.92 Å². The summed E-state index contributed by atoms with van der Waals surface area (Å²) in [6, 6.07) is 3.81. The Morgan fingerprint density at radius 1 is 1.37 bits per heavy atom. The second kappa shape index (κ2) is 6.44. The highest BCUT2D eigenvalue weighted by Gasteiger charge is 2.29. The van der Waals surface area contributed by atoms with Crippen molar-refractivity contribution < 1.29 is 9.59 Å². The molecule has 1 aromatic rings. The Hall–Kier alpha value is -1.73. The summed E-state index contributed by atoms with van der Waals surface area (Å²) in [4.78, 5) is 23.8. The van der Waals surface area contributed by atoms with E-state index in [9.17, 15) is 9.59 Å². The first kappa shape index (κ1) is 13.7. The number of hydrogen-bond donors (Lipinski definition) is 3. The molecule has 0 saturated heterocycles. The van der Waals surface area contributed by atoms with Crippen molar-refractivity contribution in [1.82, 2.24) is 16.2 Å². The second-order valence-corrected chi connectivity index (χ2v) is 5.44. The zero-order valence-electron chi connectivity index (χ0n) is 10.0. The molecular weight excluding hydrogens is 282 g/mol. The van der Waals surface area contributed by atoms with Gasteiger partial charge in [-0.2, -0.15) is 0 Å². The summed E-state index contributed by atoms with van der Waals surface area (Å²) in [5.74, 6) is -0.345. The smallest absolute Gasteiger partial charge is 0.250 e. The van der Waals surface area contributed by atoms with Crippen LogP contribution in [0.15, 0.2) is 23.6 Å². The minimum absolute atomic E-state index is 0.0785. The van der Waals surface area contributed by atoms with Crippen LogP contribution < -0.4 is 16.2 Å². The van der Waals surface area contributed by atoms with Crippen molar-refractivity contribution in [2.75, 3.05) is 0 Å². The highest BCUT2D eigenvalue weighted by Crippen LogP contribution is 2.28. The van der Waals surface area contributed by atoms with E-state index in [4.69, 9.17) is 12.2 Å². The Morgan fingerprint density at radius 3 is 2.79 bits per heavy atom. The number of nitrogens with one attached hydrogen (secondary N) is 3. The number of carbonyl (C=O) groups excluding carboxylic acids is 2. The van der Waals surface area contributed by atoms with Gasteiger partial charge >= 0.3 is 0 Å². The molecule has 2 amide bonds. The van der Waals surface area contributed by atoms with Gasteiger partial charge in [0.05, 0.1) is 0 Å². The van der Waals surface area contributed by atoms with Gasteiger partial charge in [-0.25, -0.2) is 0 Å². The third kappa shape index (κ3) is 4.80. The van der Waals surface area contributed by atoms with Crippen LogP contribution >= 0.6 is 23.6 Å². The molecule has 2 rings (SSSR count). The minimum Gasteiger partial charge on any atom is -0.298 e. The van der Waals surface area contributed by atoms with Gasteiger partial charge in [-0.15, -0.1) is 11.3 Å². The topological polar surface area (TPSA) is 70.2 Å². The van der Waals surface area contributed by atoms with E-state index in [1.807, 2.05) is 17.5 Å². The maximum Gasteiger partial charge on any atom is 0.250 e. The van der Waals surface area contributed by atoms with Gasteiger partial charge < -0.3 is 0 Å². The van der Waals surface area contributed by atoms with E-state index in [-0.39, 0.29) is 22.8 Å². The SMILES string of the molecule is O=C(/C=C/c1cccs1)NC(=S)NNC(=O)C1CC1. The summed E-state index contributed by atoms with van der Waals surface area (Å²) < 4.78 is 0. The number of thiocarbonyl (C=S) groups is 1. The Morgan fingerprint density at radius 2 is 2.16 bits per heavy atom. The molecule has 0 bridgehead atoms. The molecule has 5 nitrogen and oxygen atoms in total. The fourth-order valence-corrected chi connectivity index (χ4v) is 2.06. The van der Waals surface area contributed by atoms with Crippen molar-refractivity contribution >= 4 is 46.6 Å². The molecule has 1 aliphatic rings. The number of rotatable bonds is 3. The molecule has 0 aromatic carbocycles. The van der Waals surface area contributed by atoms with Crippen LogP contribution in [0.2, 0.25) is 0 Å². The number of carbonyl (C=O) groups is 2. The van der Waals surface area contributed by atoms with Crippen molar-refractivity contribution in [3.05, 3.63) is 28.5 Å². The van der Waals surface area contributed by atoms with Crippen LogP contribution in [0.1, 0.15) is 17.7 Å². The Kier molecular flexibility index (Phi) is 4.64. The molecule has 0 spiro atoms. The maximum atomic E-state index is 11.5. The van der Waals surface area contributed by atoms with E-state index >= 15 is 0 Å². The summed E-state index contributed by atoms with van der Waals surface area (Å²) >= 11 is 6.42. The molecule has 1 fully saturated rings. The molecule has 1 saturated carbocycles. The van der Waals surface area contributed by atoms with Gasteiger partial charge in [0.1, 0.15) is 0 Å². The van der Waals surface area contributed by atoms with E-state index < -0.39 is 0 Å². The van der Waals surface area contributed by atoms with Crippen molar-refractivity contribution in [3.63, 3.8) is 0 Å². The van der Waals surface area contributed by atoms with E-state index in [1.54, 1.807) is 6.08 Å². The fraction of sp³-hybridized carbons (Fsp3) is 0.250. The predicted molar refractivity (Wildman–Crippen MR) is 78.1 cm³/mol. The lowest BCUT2D eigenvalue weighted by molar-refractivity contribution is -0.123. The van der Waals surface area contributed by atoms with Crippen LogP contribution in [-0.2, 0) is 9.59 Å². The van der Waals surface area contributed by atoms with Gasteiger partial charge in [-0.1, -0.05) is 6.07 Å². The van der Waals surface area contributed by atoms with E-state index in [1.165, 1.54) is 17.4 Å². The second-order valence-electron chi connectivity index (χ2n) is 4.06. The van der Waals surface area contributed by atoms with E-state index in [2.05, 4.69) is 16.2 Å². The number of hydrazine groups is 1. The Balaban J connectivity index is 1.69. The lowest BCUT2D eigenvalue weighted by Gasteiger charge is -2.08. The zero-order valence-corrected chi connectivity index (χ0v) is 11.6. The third-order valence-electron chi connectivity index (χ3n) is 2.43. The highest BCUT2D eigenvalue weighted by atomic mass is 32.1. The molecule has 100 valence electrons. The standard InChI is InChI=1S/C12H13N3O2S2/c16-10(6-5-9-2-1-7-19-9)13-12(18)15-14-11(17)8-3-4-8/h1-2,5-8H,3-4H2,(H,14,17)(H2,13,15,16,18)/b6-5+. The normalized spacial score (nSPS) is 14.1. The van der Waals surface area contributed by atoms with Gasteiger partial charge in [0.25, 0.3) is 0 Å². The first-order chi connectivity index (χ1) is 9.15. The van der Waals surface area contributed by atoms with Crippen LogP contribution in [0.5, 0.6) is 0 Å². The molecule has 1 aliphatic carbocycles. The summed E-state index contributed by atoms with van der Waals surface area (Å²) in [7, 11) is 0. The van der Waals surface area contributed by atoms with Gasteiger partial charge in [0.15, 0.2) is 5.11 Å². The summed E-state index contributed by atoms with van der Waals surface area (Å²) in [5, 5.41) is 4.45. The average molecular weight is 295 g/mol. The maximum absolute atomic E-state index is 11.5. The molecule has 0 atom stereocenters. The zero-order chi connectivity index (χ0) is 13.7. The van der Waals surface area contributed by atoms with Crippen molar-refractivity contribution in [3.8, 4) is 0 Å². The average Bonchev–Trinajstić information content (AvgIpc) is 3.11. The number of amides is 2. The van der Waals surface area contributed by atoms with Gasteiger partial charge in [-0.05, 0) is 42.6 Å².